The molecule has 0 atom stereocenters. The van der Waals surface area contributed by atoms with Crippen LogP contribution in [0.2, 0.25) is 0 Å². The number of nitro groups is 1. The van der Waals surface area contributed by atoms with Crippen LogP contribution in [0.25, 0.3) is 0 Å². The minimum atomic E-state index is -0.608. The lowest BCUT2D eigenvalue weighted by Gasteiger charge is -1.90. The molecule has 2 aromatic rings. The Labute approximate surface area is 95.2 Å². The van der Waals surface area contributed by atoms with Crippen LogP contribution in [-0.4, -0.2) is 32.0 Å². The molecule has 0 saturated carbocycles. The molecule has 90 valence electrons. The Bertz CT molecular complexity index is 519. The van der Waals surface area contributed by atoms with Crippen LogP contribution in [0.5, 0.6) is 0 Å². The maximum Gasteiger partial charge on any atom is 0.410 e. The Morgan fingerprint density at radius 1 is 1.65 bits per heavy atom. The predicted molar refractivity (Wildman–Crippen MR) is 53.0 cm³/mol. The molecule has 9 nitrogen and oxygen atoms in total. The van der Waals surface area contributed by atoms with Crippen molar-refractivity contribution in [2.45, 2.75) is 13.2 Å². The molecule has 0 amide bonds. The van der Waals surface area contributed by atoms with E-state index in [1.54, 1.807) is 0 Å². The average molecular weight is 239 g/mol. The third-order valence-corrected chi connectivity index (χ3v) is 1.88. The molecule has 17 heavy (non-hydrogen) atoms. The highest BCUT2D eigenvalue weighted by Crippen LogP contribution is 2.06. The lowest BCUT2D eigenvalue weighted by Crippen LogP contribution is -2.04. The number of oxazole rings is 1. The summed E-state index contributed by atoms with van der Waals surface area (Å²) in [5.74, 6) is 0.134. The summed E-state index contributed by atoms with van der Waals surface area (Å²) in [6.45, 7) is 0.480. The van der Waals surface area contributed by atoms with Crippen LogP contribution in [0.1, 0.15) is 11.6 Å². The highest BCUT2D eigenvalue weighted by atomic mass is 16.6. The lowest BCUT2D eigenvalue weighted by atomic mass is 10.5. The Morgan fingerprint density at radius 2 is 2.47 bits per heavy atom. The second-order valence-electron chi connectivity index (χ2n) is 3.16. The highest BCUT2D eigenvalue weighted by molar-refractivity contribution is 5.08. The van der Waals surface area contributed by atoms with Crippen LogP contribution >= 0.6 is 0 Å². The van der Waals surface area contributed by atoms with Gasteiger partial charge in [0.05, 0.1) is 5.10 Å². The van der Waals surface area contributed by atoms with Crippen molar-refractivity contribution in [3.8, 4) is 0 Å². The van der Waals surface area contributed by atoms with Gasteiger partial charge in [0.2, 0.25) is 5.89 Å². The van der Waals surface area contributed by atoms with Crippen LogP contribution in [-0.2, 0) is 17.9 Å². The molecular weight excluding hydrogens is 230 g/mol. The van der Waals surface area contributed by atoms with Gasteiger partial charge in [0, 0.05) is 7.11 Å². The molecule has 2 rings (SSSR count). The molecular formula is C8H9N5O4. The number of rotatable bonds is 5. The molecule has 0 N–H and O–H groups in total. The van der Waals surface area contributed by atoms with Crippen LogP contribution in [0.15, 0.2) is 16.9 Å². The Balaban J connectivity index is 2.05. The summed E-state index contributed by atoms with van der Waals surface area (Å²) in [5, 5.41) is 17.8. The monoisotopic (exact) mass is 239 g/mol. The van der Waals surface area contributed by atoms with Gasteiger partial charge < -0.3 is 19.3 Å². The summed E-state index contributed by atoms with van der Waals surface area (Å²) in [7, 11) is 1.53. The van der Waals surface area contributed by atoms with E-state index < -0.39 is 4.92 Å². The molecule has 0 saturated heterocycles. The number of ether oxygens (including phenoxy) is 1. The van der Waals surface area contributed by atoms with E-state index in [0.717, 1.165) is 6.20 Å². The molecule has 0 radical (unpaired) electrons. The number of hydrogen-bond donors (Lipinski definition) is 0. The van der Waals surface area contributed by atoms with E-state index in [-0.39, 0.29) is 19.0 Å². The molecule has 0 aromatic carbocycles. The van der Waals surface area contributed by atoms with Gasteiger partial charge in [-0.1, -0.05) is 4.80 Å². The molecule has 0 spiro atoms. The molecule has 0 unspecified atom stereocenters. The van der Waals surface area contributed by atoms with Gasteiger partial charge in [-0.2, -0.15) is 0 Å². The van der Waals surface area contributed by atoms with E-state index in [1.165, 1.54) is 18.2 Å². The fourth-order valence-corrected chi connectivity index (χ4v) is 1.20. The third kappa shape index (κ3) is 2.64. The van der Waals surface area contributed by atoms with E-state index in [0.29, 0.717) is 11.6 Å². The first-order valence-corrected chi connectivity index (χ1v) is 4.66. The molecule has 0 bridgehead atoms. The van der Waals surface area contributed by atoms with Crippen LogP contribution in [0.4, 0.5) is 5.82 Å². The standard InChI is InChI=1S/C8H9N5O4/c1-16-5-8-10-6(4-17-8)3-12-9-2-7(11-12)13(14)15/h2,4H,3,5H2,1H3. The van der Waals surface area contributed by atoms with Gasteiger partial charge in [-0.3, -0.25) is 0 Å². The fourth-order valence-electron chi connectivity index (χ4n) is 1.20. The first-order chi connectivity index (χ1) is 8.19. The van der Waals surface area contributed by atoms with Crippen molar-refractivity contribution in [3.63, 3.8) is 0 Å². The number of aromatic nitrogens is 4. The minimum Gasteiger partial charge on any atom is -0.446 e. The van der Waals surface area contributed by atoms with E-state index >= 15 is 0 Å². The maximum atomic E-state index is 10.4. The van der Waals surface area contributed by atoms with Gasteiger partial charge in [0.15, 0.2) is 6.20 Å². The zero-order chi connectivity index (χ0) is 12.3. The maximum absolute atomic E-state index is 10.4. The fraction of sp³-hybridized carbons (Fsp3) is 0.375. The molecule has 2 heterocycles. The van der Waals surface area contributed by atoms with Crippen molar-refractivity contribution in [1.82, 2.24) is 20.0 Å². The Morgan fingerprint density at radius 3 is 3.12 bits per heavy atom. The molecule has 0 aliphatic rings. The van der Waals surface area contributed by atoms with Crippen LogP contribution in [0.3, 0.4) is 0 Å². The second-order valence-corrected chi connectivity index (χ2v) is 3.16. The second kappa shape index (κ2) is 4.70. The summed E-state index contributed by atoms with van der Waals surface area (Å²) in [5.41, 5.74) is 0.572. The zero-order valence-electron chi connectivity index (χ0n) is 8.94. The zero-order valence-corrected chi connectivity index (χ0v) is 8.94. The Kier molecular flexibility index (Phi) is 3.10. The molecule has 9 heteroatoms. The van der Waals surface area contributed by atoms with Crippen LogP contribution < -0.4 is 0 Å². The normalized spacial score (nSPS) is 10.6. The highest BCUT2D eigenvalue weighted by Gasteiger charge is 2.14. The van der Waals surface area contributed by atoms with E-state index in [9.17, 15) is 10.1 Å². The molecule has 2 aromatic heterocycles. The smallest absolute Gasteiger partial charge is 0.410 e. The summed E-state index contributed by atoms with van der Waals surface area (Å²) in [6.07, 6.45) is 2.51. The van der Waals surface area contributed by atoms with Crippen LogP contribution in [0, 0.1) is 10.1 Å². The number of nitrogens with zero attached hydrogens (tertiary/aromatic N) is 5. The van der Waals surface area contributed by atoms with Gasteiger partial charge >= 0.3 is 5.82 Å². The molecule has 0 aliphatic carbocycles. The third-order valence-electron chi connectivity index (χ3n) is 1.88. The summed E-state index contributed by atoms with van der Waals surface area (Å²) in [4.78, 5) is 15.0. The number of methoxy groups -OCH3 is 1. The number of hydrogen-bond acceptors (Lipinski definition) is 7. The van der Waals surface area contributed by atoms with Gasteiger partial charge in [-0.05, 0) is 4.92 Å². The van der Waals surface area contributed by atoms with E-state index in [1.807, 2.05) is 0 Å². The van der Waals surface area contributed by atoms with Gasteiger partial charge in [0.25, 0.3) is 0 Å². The van der Waals surface area contributed by atoms with Gasteiger partial charge in [0.1, 0.15) is 25.1 Å². The van der Waals surface area contributed by atoms with E-state index in [4.69, 9.17) is 9.15 Å². The van der Waals surface area contributed by atoms with Crippen molar-refractivity contribution in [2.75, 3.05) is 7.11 Å². The quantitative estimate of drug-likeness (QED) is 0.547. The van der Waals surface area contributed by atoms with Crippen molar-refractivity contribution >= 4 is 5.82 Å². The predicted octanol–water partition coefficient (Wildman–Crippen LogP) is 0.369. The van der Waals surface area contributed by atoms with Gasteiger partial charge in [-0.25, -0.2) is 4.98 Å². The summed E-state index contributed by atoms with van der Waals surface area (Å²) in [6, 6.07) is 0. The minimum absolute atomic E-state index is 0.209. The molecule has 0 fully saturated rings. The lowest BCUT2D eigenvalue weighted by molar-refractivity contribution is -0.389. The first kappa shape index (κ1) is 11.2. The van der Waals surface area contributed by atoms with Gasteiger partial charge in [-0.15, -0.1) is 5.10 Å². The van der Waals surface area contributed by atoms with Crippen molar-refractivity contribution < 1.29 is 14.1 Å². The van der Waals surface area contributed by atoms with Crippen molar-refractivity contribution in [2.24, 2.45) is 0 Å². The summed E-state index contributed by atoms with van der Waals surface area (Å²) < 4.78 is 9.94. The van der Waals surface area contributed by atoms with E-state index in [2.05, 4.69) is 15.2 Å². The van der Waals surface area contributed by atoms with Crippen molar-refractivity contribution in [3.05, 3.63) is 34.2 Å². The average Bonchev–Trinajstić information content (AvgIpc) is 2.89. The SMILES string of the molecule is COCc1nc(Cn2ncc([N+](=O)[O-])n2)co1. The Hall–Kier alpha value is -2.29. The summed E-state index contributed by atoms with van der Waals surface area (Å²) >= 11 is 0. The first-order valence-electron chi connectivity index (χ1n) is 4.66. The molecule has 0 aliphatic heterocycles. The largest absolute Gasteiger partial charge is 0.446 e. The van der Waals surface area contributed by atoms with Crippen molar-refractivity contribution in [1.29, 1.82) is 0 Å². The topological polar surface area (TPSA) is 109 Å².